The molecule has 7 heteroatoms. The molecule has 22 heavy (non-hydrogen) atoms. The fourth-order valence-electron chi connectivity index (χ4n) is 2.19. The van der Waals surface area contributed by atoms with E-state index in [0.29, 0.717) is 17.0 Å². The maximum atomic E-state index is 12.5. The van der Waals surface area contributed by atoms with E-state index in [-0.39, 0.29) is 37.4 Å². The first-order valence-corrected chi connectivity index (χ1v) is 6.98. The van der Waals surface area contributed by atoms with E-state index in [2.05, 4.69) is 5.32 Å². The average molecular weight is 306 g/mol. The van der Waals surface area contributed by atoms with Crippen LogP contribution in [0.2, 0.25) is 0 Å². The van der Waals surface area contributed by atoms with Gasteiger partial charge in [-0.25, -0.2) is 0 Å². The molecule has 0 aliphatic carbocycles. The Morgan fingerprint density at radius 2 is 2.14 bits per heavy atom. The molecule has 0 saturated heterocycles. The molecule has 0 aromatic heterocycles. The zero-order valence-corrected chi connectivity index (χ0v) is 12.5. The molecule has 0 atom stereocenters. The number of benzene rings is 1. The van der Waals surface area contributed by atoms with Crippen molar-refractivity contribution in [1.82, 2.24) is 4.90 Å². The van der Waals surface area contributed by atoms with Gasteiger partial charge in [-0.1, -0.05) is 0 Å². The molecule has 1 heterocycles. The van der Waals surface area contributed by atoms with Gasteiger partial charge in [-0.2, -0.15) is 0 Å². The molecule has 2 rings (SSSR count). The zero-order chi connectivity index (χ0) is 16.3. The number of rotatable bonds is 5. The first-order valence-electron chi connectivity index (χ1n) is 6.98. The van der Waals surface area contributed by atoms with Crippen LogP contribution in [0.3, 0.4) is 0 Å². The number of nitrogens with zero attached hydrogens (tertiary/aromatic N) is 1. The van der Waals surface area contributed by atoms with Gasteiger partial charge >= 0.3 is 5.97 Å². The summed E-state index contributed by atoms with van der Waals surface area (Å²) in [6.45, 7) is 3.73. The summed E-state index contributed by atoms with van der Waals surface area (Å²) >= 11 is 0. The number of hydrogen-bond acceptors (Lipinski definition) is 4. The Balaban J connectivity index is 2.21. The van der Waals surface area contributed by atoms with Crippen molar-refractivity contribution < 1.29 is 24.2 Å². The Kier molecular flexibility index (Phi) is 4.65. The van der Waals surface area contributed by atoms with Gasteiger partial charge in [-0.3, -0.25) is 14.4 Å². The van der Waals surface area contributed by atoms with Crippen LogP contribution in [0.4, 0.5) is 5.69 Å². The van der Waals surface area contributed by atoms with Crippen molar-refractivity contribution in [3.05, 3.63) is 23.8 Å². The minimum absolute atomic E-state index is 0.0446. The molecule has 1 aromatic carbocycles. The molecule has 0 saturated carbocycles. The second kappa shape index (κ2) is 6.46. The third-order valence-corrected chi connectivity index (χ3v) is 3.31. The lowest BCUT2D eigenvalue weighted by Gasteiger charge is -2.27. The van der Waals surface area contributed by atoms with Crippen LogP contribution < -0.4 is 10.1 Å². The van der Waals surface area contributed by atoms with Gasteiger partial charge in [0.2, 0.25) is 0 Å². The highest BCUT2D eigenvalue weighted by atomic mass is 16.5. The van der Waals surface area contributed by atoms with Gasteiger partial charge in [0.1, 0.15) is 5.75 Å². The molecule has 2 N–H and O–H groups in total. The molecule has 118 valence electrons. The average Bonchev–Trinajstić information content (AvgIpc) is 2.45. The van der Waals surface area contributed by atoms with Gasteiger partial charge in [0.05, 0.1) is 12.1 Å². The number of anilines is 1. The first kappa shape index (κ1) is 15.8. The van der Waals surface area contributed by atoms with Crippen molar-refractivity contribution in [2.45, 2.75) is 26.3 Å². The van der Waals surface area contributed by atoms with Crippen molar-refractivity contribution >= 4 is 23.5 Å². The number of carboxylic acids is 1. The van der Waals surface area contributed by atoms with Crippen LogP contribution in [-0.2, 0) is 9.59 Å². The lowest BCUT2D eigenvalue weighted by atomic mass is 10.1. The fourth-order valence-corrected chi connectivity index (χ4v) is 2.19. The smallest absolute Gasteiger partial charge is 0.305 e. The first-order chi connectivity index (χ1) is 10.4. The van der Waals surface area contributed by atoms with Gasteiger partial charge in [0, 0.05) is 18.2 Å². The topological polar surface area (TPSA) is 95.9 Å². The summed E-state index contributed by atoms with van der Waals surface area (Å²) in [5.74, 6) is -0.995. The van der Waals surface area contributed by atoms with Crippen molar-refractivity contribution in [3.63, 3.8) is 0 Å². The second-order valence-electron chi connectivity index (χ2n) is 5.28. The standard InChI is InChI=1S/C15H18N2O5/c1-9(2)17(6-5-14(19)20)15(21)10-3-4-12-11(7-10)16-13(18)8-22-12/h3-4,7,9H,5-6,8H2,1-2H3,(H,16,18)(H,19,20). The van der Waals surface area contributed by atoms with E-state index < -0.39 is 5.97 Å². The lowest BCUT2D eigenvalue weighted by molar-refractivity contribution is -0.137. The second-order valence-corrected chi connectivity index (χ2v) is 5.28. The molecule has 2 amide bonds. The lowest BCUT2D eigenvalue weighted by Crippen LogP contribution is -2.38. The monoisotopic (exact) mass is 306 g/mol. The summed E-state index contributed by atoms with van der Waals surface area (Å²) in [7, 11) is 0. The van der Waals surface area contributed by atoms with Crippen LogP contribution in [-0.4, -0.2) is 47.0 Å². The fraction of sp³-hybridized carbons (Fsp3) is 0.400. The van der Waals surface area contributed by atoms with Gasteiger partial charge in [0.15, 0.2) is 6.61 Å². The molecule has 1 aromatic rings. The van der Waals surface area contributed by atoms with E-state index >= 15 is 0 Å². The number of carbonyl (C=O) groups is 3. The van der Waals surface area contributed by atoms with E-state index in [1.54, 1.807) is 18.2 Å². The van der Waals surface area contributed by atoms with Crippen LogP contribution in [0.15, 0.2) is 18.2 Å². The van der Waals surface area contributed by atoms with Crippen LogP contribution in [0.25, 0.3) is 0 Å². The summed E-state index contributed by atoms with van der Waals surface area (Å²) in [5, 5.41) is 11.4. The minimum Gasteiger partial charge on any atom is -0.482 e. The Morgan fingerprint density at radius 3 is 2.77 bits per heavy atom. The SMILES string of the molecule is CC(C)N(CCC(=O)O)C(=O)c1ccc2c(c1)NC(=O)CO2. The molecule has 1 aliphatic heterocycles. The third-order valence-electron chi connectivity index (χ3n) is 3.31. The summed E-state index contributed by atoms with van der Waals surface area (Å²) in [5.41, 5.74) is 0.827. The molecular weight excluding hydrogens is 288 g/mol. The highest BCUT2D eigenvalue weighted by Gasteiger charge is 2.22. The molecule has 7 nitrogen and oxygen atoms in total. The van der Waals surface area contributed by atoms with E-state index in [1.807, 2.05) is 13.8 Å². The van der Waals surface area contributed by atoms with Crippen molar-refractivity contribution in [2.24, 2.45) is 0 Å². The number of amides is 2. The number of fused-ring (bicyclic) bond motifs is 1. The summed E-state index contributed by atoms with van der Waals surface area (Å²) in [6, 6.07) is 4.64. The van der Waals surface area contributed by atoms with Gasteiger partial charge in [-0.15, -0.1) is 0 Å². The van der Waals surface area contributed by atoms with Crippen LogP contribution >= 0.6 is 0 Å². The summed E-state index contributed by atoms with van der Waals surface area (Å²) < 4.78 is 5.24. The highest BCUT2D eigenvalue weighted by molar-refractivity contribution is 6.00. The van der Waals surface area contributed by atoms with E-state index in [1.165, 1.54) is 4.90 Å². The third kappa shape index (κ3) is 3.55. The number of hydrogen-bond donors (Lipinski definition) is 2. The molecule has 1 aliphatic rings. The highest BCUT2D eigenvalue weighted by Crippen LogP contribution is 2.29. The van der Waals surface area contributed by atoms with Crippen molar-refractivity contribution in [2.75, 3.05) is 18.5 Å². The Labute approximate surface area is 127 Å². The number of nitrogens with one attached hydrogen (secondary N) is 1. The molecule has 0 radical (unpaired) electrons. The Hall–Kier alpha value is -2.57. The Bertz CT molecular complexity index is 612. The number of ether oxygens (including phenoxy) is 1. The zero-order valence-electron chi connectivity index (χ0n) is 12.5. The van der Waals surface area contributed by atoms with Crippen LogP contribution in [0.1, 0.15) is 30.6 Å². The normalized spacial score (nSPS) is 13.1. The van der Waals surface area contributed by atoms with Crippen molar-refractivity contribution in [3.8, 4) is 5.75 Å². The molecule has 0 spiro atoms. The van der Waals surface area contributed by atoms with Crippen molar-refractivity contribution in [1.29, 1.82) is 0 Å². The van der Waals surface area contributed by atoms with Gasteiger partial charge in [-0.05, 0) is 32.0 Å². The van der Waals surface area contributed by atoms with E-state index in [9.17, 15) is 14.4 Å². The quantitative estimate of drug-likeness (QED) is 0.856. The number of aliphatic carboxylic acids is 1. The maximum Gasteiger partial charge on any atom is 0.305 e. The summed E-state index contributed by atoms with van der Waals surface area (Å²) in [6.07, 6.45) is -0.116. The maximum absolute atomic E-state index is 12.5. The van der Waals surface area contributed by atoms with Crippen LogP contribution in [0, 0.1) is 0 Å². The summed E-state index contributed by atoms with van der Waals surface area (Å²) in [4.78, 5) is 36.1. The van der Waals surface area contributed by atoms with E-state index in [4.69, 9.17) is 9.84 Å². The minimum atomic E-state index is -0.954. The number of carbonyl (C=O) groups excluding carboxylic acids is 2. The predicted molar refractivity (Wildman–Crippen MR) is 79.0 cm³/mol. The number of carboxylic acid groups (broad SMARTS) is 1. The van der Waals surface area contributed by atoms with Gasteiger partial charge in [0.25, 0.3) is 11.8 Å². The Morgan fingerprint density at radius 1 is 1.41 bits per heavy atom. The molecule has 0 fully saturated rings. The predicted octanol–water partition coefficient (Wildman–Crippen LogP) is 1.34. The largest absolute Gasteiger partial charge is 0.482 e. The molecular formula is C15H18N2O5. The molecule has 0 unspecified atom stereocenters. The van der Waals surface area contributed by atoms with E-state index in [0.717, 1.165) is 0 Å². The molecule has 0 bridgehead atoms. The van der Waals surface area contributed by atoms with Crippen LogP contribution in [0.5, 0.6) is 5.75 Å². The van der Waals surface area contributed by atoms with Gasteiger partial charge < -0.3 is 20.1 Å².